The fraction of sp³-hybridized carbons (Fsp3) is 0.571. The second-order valence-corrected chi connectivity index (χ2v) is 4.97. The first-order valence-corrected chi connectivity index (χ1v) is 6.42. The zero-order chi connectivity index (χ0) is 15.3. The highest BCUT2D eigenvalue weighted by atomic mass is 19.4. The van der Waals surface area contributed by atoms with Gasteiger partial charge in [0, 0.05) is 25.3 Å². The number of aryl methyl sites for hydroxylation is 2. The van der Waals surface area contributed by atoms with E-state index >= 15 is 0 Å². The molecule has 0 amide bonds. The van der Waals surface area contributed by atoms with Gasteiger partial charge in [-0.15, -0.1) is 0 Å². The van der Waals surface area contributed by atoms with Crippen molar-refractivity contribution >= 4 is 0 Å². The largest absolute Gasteiger partial charge is 0.508 e. The minimum Gasteiger partial charge on any atom is -0.508 e. The Bertz CT molecular complexity index is 447. The molecule has 6 heteroatoms. The Morgan fingerprint density at radius 1 is 1.15 bits per heavy atom. The summed E-state index contributed by atoms with van der Waals surface area (Å²) in [6.07, 6.45) is -4.04. The SMILES string of the molecule is Cc1cc(O)c(CN(CCCO)CC(F)(F)F)cc1C. The fourth-order valence-corrected chi connectivity index (χ4v) is 1.99. The van der Waals surface area contributed by atoms with Crippen LogP contribution in [0.1, 0.15) is 23.1 Å². The molecule has 0 unspecified atom stereocenters. The molecule has 114 valence electrons. The molecular weight excluding hydrogens is 271 g/mol. The molecule has 1 aromatic rings. The molecule has 0 aliphatic rings. The molecule has 0 aliphatic carbocycles. The van der Waals surface area contributed by atoms with Crippen LogP contribution in [0.5, 0.6) is 5.75 Å². The van der Waals surface area contributed by atoms with Crippen LogP contribution in [-0.2, 0) is 6.54 Å². The standard InChI is InChI=1S/C14H20F3NO2/c1-10-6-12(13(20)7-11(10)2)8-18(4-3-5-19)9-14(15,16)17/h6-7,19-20H,3-5,8-9H2,1-2H3. The van der Waals surface area contributed by atoms with E-state index in [2.05, 4.69) is 0 Å². The maximum atomic E-state index is 12.5. The van der Waals surface area contributed by atoms with Gasteiger partial charge in [-0.25, -0.2) is 0 Å². The van der Waals surface area contributed by atoms with Gasteiger partial charge in [-0.3, -0.25) is 4.90 Å². The van der Waals surface area contributed by atoms with Crippen molar-refractivity contribution in [2.75, 3.05) is 19.7 Å². The van der Waals surface area contributed by atoms with Crippen LogP contribution < -0.4 is 0 Å². The third-order valence-electron chi connectivity index (χ3n) is 3.12. The monoisotopic (exact) mass is 291 g/mol. The topological polar surface area (TPSA) is 43.7 Å². The quantitative estimate of drug-likeness (QED) is 0.847. The molecule has 0 fully saturated rings. The summed E-state index contributed by atoms with van der Waals surface area (Å²) < 4.78 is 37.5. The van der Waals surface area contributed by atoms with Crippen LogP contribution in [0.4, 0.5) is 13.2 Å². The Hall–Kier alpha value is -1.27. The molecule has 0 aromatic heterocycles. The number of aromatic hydroxyl groups is 1. The van der Waals surface area contributed by atoms with Crippen molar-refractivity contribution < 1.29 is 23.4 Å². The van der Waals surface area contributed by atoms with Crippen LogP contribution in [0.2, 0.25) is 0 Å². The number of alkyl halides is 3. The molecule has 0 saturated carbocycles. The predicted octanol–water partition coefficient (Wildman–Crippen LogP) is 2.76. The van der Waals surface area contributed by atoms with E-state index in [1.165, 1.54) is 4.90 Å². The van der Waals surface area contributed by atoms with Gasteiger partial charge in [-0.1, -0.05) is 6.07 Å². The average Bonchev–Trinajstić information content (AvgIpc) is 2.31. The van der Waals surface area contributed by atoms with E-state index in [0.29, 0.717) is 5.56 Å². The molecule has 20 heavy (non-hydrogen) atoms. The second kappa shape index (κ2) is 6.95. The Labute approximate surface area is 116 Å². The molecule has 3 nitrogen and oxygen atoms in total. The number of rotatable bonds is 6. The summed E-state index contributed by atoms with van der Waals surface area (Å²) in [6.45, 7) is 2.60. The van der Waals surface area contributed by atoms with Crippen molar-refractivity contribution in [2.45, 2.75) is 33.0 Å². The minimum atomic E-state index is -4.30. The van der Waals surface area contributed by atoms with Gasteiger partial charge in [-0.2, -0.15) is 13.2 Å². The van der Waals surface area contributed by atoms with Gasteiger partial charge >= 0.3 is 6.18 Å². The number of hydrogen-bond donors (Lipinski definition) is 2. The zero-order valence-electron chi connectivity index (χ0n) is 11.7. The average molecular weight is 291 g/mol. The van der Waals surface area contributed by atoms with E-state index in [1.54, 1.807) is 12.1 Å². The number of aliphatic hydroxyl groups excluding tert-OH is 1. The smallest absolute Gasteiger partial charge is 0.401 e. The highest BCUT2D eigenvalue weighted by Crippen LogP contribution is 2.25. The second-order valence-electron chi connectivity index (χ2n) is 4.97. The van der Waals surface area contributed by atoms with Crippen molar-refractivity contribution in [3.05, 3.63) is 28.8 Å². The first-order valence-electron chi connectivity index (χ1n) is 6.42. The van der Waals surface area contributed by atoms with Gasteiger partial charge in [0.1, 0.15) is 5.75 Å². The van der Waals surface area contributed by atoms with Gasteiger partial charge in [-0.05, 0) is 37.5 Å². The number of phenolic OH excluding ortho intramolecular Hbond substituents is 1. The van der Waals surface area contributed by atoms with Crippen molar-refractivity contribution in [3.63, 3.8) is 0 Å². The molecular formula is C14H20F3NO2. The van der Waals surface area contributed by atoms with E-state index in [-0.39, 0.29) is 31.9 Å². The summed E-state index contributed by atoms with van der Waals surface area (Å²) in [5.41, 5.74) is 2.28. The lowest BCUT2D eigenvalue weighted by Gasteiger charge is -2.24. The summed E-state index contributed by atoms with van der Waals surface area (Å²) in [4.78, 5) is 1.18. The maximum absolute atomic E-state index is 12.5. The number of phenols is 1. The fourth-order valence-electron chi connectivity index (χ4n) is 1.99. The number of halogens is 3. The maximum Gasteiger partial charge on any atom is 0.401 e. The van der Waals surface area contributed by atoms with E-state index in [1.807, 2.05) is 13.8 Å². The number of nitrogens with zero attached hydrogens (tertiary/aromatic N) is 1. The molecule has 0 atom stereocenters. The molecule has 1 aromatic carbocycles. The first-order chi connectivity index (χ1) is 9.23. The molecule has 0 radical (unpaired) electrons. The van der Waals surface area contributed by atoms with Crippen LogP contribution in [0, 0.1) is 13.8 Å². The third kappa shape index (κ3) is 5.38. The van der Waals surface area contributed by atoms with Crippen LogP contribution in [0.3, 0.4) is 0 Å². The number of hydrogen-bond acceptors (Lipinski definition) is 3. The molecule has 2 N–H and O–H groups in total. The van der Waals surface area contributed by atoms with Gasteiger partial charge in [0.15, 0.2) is 0 Å². The summed E-state index contributed by atoms with van der Waals surface area (Å²) in [7, 11) is 0. The van der Waals surface area contributed by atoms with Crippen molar-refractivity contribution in [2.24, 2.45) is 0 Å². The van der Waals surface area contributed by atoms with Crippen molar-refractivity contribution in [1.29, 1.82) is 0 Å². The molecule has 0 bridgehead atoms. The lowest BCUT2D eigenvalue weighted by Crippen LogP contribution is -2.35. The van der Waals surface area contributed by atoms with Crippen LogP contribution >= 0.6 is 0 Å². The molecule has 0 saturated heterocycles. The predicted molar refractivity (Wildman–Crippen MR) is 70.6 cm³/mol. The van der Waals surface area contributed by atoms with Crippen LogP contribution in [0.25, 0.3) is 0 Å². The lowest BCUT2D eigenvalue weighted by molar-refractivity contribution is -0.147. The first kappa shape index (κ1) is 16.8. The lowest BCUT2D eigenvalue weighted by atomic mass is 10.0. The van der Waals surface area contributed by atoms with Gasteiger partial charge in [0.25, 0.3) is 0 Å². The number of benzene rings is 1. The minimum absolute atomic E-state index is 0.00396. The third-order valence-corrected chi connectivity index (χ3v) is 3.12. The van der Waals surface area contributed by atoms with E-state index < -0.39 is 12.7 Å². The highest BCUT2D eigenvalue weighted by molar-refractivity contribution is 5.40. The van der Waals surface area contributed by atoms with Crippen LogP contribution in [-0.4, -0.2) is 41.0 Å². The normalized spacial score (nSPS) is 12.2. The van der Waals surface area contributed by atoms with Gasteiger partial charge in [0.05, 0.1) is 6.54 Å². The van der Waals surface area contributed by atoms with Gasteiger partial charge in [0.2, 0.25) is 0 Å². The van der Waals surface area contributed by atoms with E-state index in [4.69, 9.17) is 5.11 Å². The van der Waals surface area contributed by atoms with E-state index in [9.17, 15) is 18.3 Å². The number of aliphatic hydroxyl groups is 1. The van der Waals surface area contributed by atoms with Crippen molar-refractivity contribution in [1.82, 2.24) is 4.90 Å². The molecule has 0 spiro atoms. The summed E-state index contributed by atoms with van der Waals surface area (Å²) >= 11 is 0. The Kier molecular flexibility index (Phi) is 5.83. The summed E-state index contributed by atoms with van der Waals surface area (Å²) in [5, 5.41) is 18.6. The zero-order valence-corrected chi connectivity index (χ0v) is 11.7. The molecule has 1 rings (SSSR count). The van der Waals surface area contributed by atoms with E-state index in [0.717, 1.165) is 11.1 Å². The highest BCUT2D eigenvalue weighted by Gasteiger charge is 2.30. The summed E-state index contributed by atoms with van der Waals surface area (Å²) in [5.74, 6) is 0.00396. The van der Waals surface area contributed by atoms with Crippen LogP contribution in [0.15, 0.2) is 12.1 Å². The Morgan fingerprint density at radius 2 is 1.75 bits per heavy atom. The molecule has 0 heterocycles. The van der Waals surface area contributed by atoms with Gasteiger partial charge < -0.3 is 10.2 Å². The Morgan fingerprint density at radius 3 is 2.30 bits per heavy atom. The molecule has 0 aliphatic heterocycles. The summed E-state index contributed by atoms with van der Waals surface area (Å²) in [6, 6.07) is 3.26. The van der Waals surface area contributed by atoms with Crippen molar-refractivity contribution in [3.8, 4) is 5.75 Å². The Balaban J connectivity index is 2.85.